The number of piperidine rings is 1. The smallest absolute Gasteiger partial charge is 0.223 e. The minimum absolute atomic E-state index is 0.292. The van der Waals surface area contributed by atoms with Crippen LogP contribution >= 0.6 is 0 Å². The highest BCUT2D eigenvalue weighted by Crippen LogP contribution is 2.17. The Morgan fingerprint density at radius 1 is 1.28 bits per heavy atom. The van der Waals surface area contributed by atoms with Gasteiger partial charge in [-0.25, -0.2) is 0 Å². The summed E-state index contributed by atoms with van der Waals surface area (Å²) in [6.45, 7) is 3.68. The number of rotatable bonds is 4. The van der Waals surface area contributed by atoms with Crippen molar-refractivity contribution >= 4 is 5.91 Å². The van der Waals surface area contributed by atoms with E-state index < -0.39 is 0 Å². The van der Waals surface area contributed by atoms with Crippen molar-refractivity contribution in [1.29, 1.82) is 0 Å². The molecule has 0 aromatic heterocycles. The van der Waals surface area contributed by atoms with Gasteiger partial charge in [0.25, 0.3) is 0 Å². The van der Waals surface area contributed by atoms with E-state index in [0.717, 1.165) is 45.6 Å². The lowest BCUT2D eigenvalue weighted by molar-refractivity contribution is -0.131. The first-order valence-corrected chi connectivity index (χ1v) is 7.31. The maximum Gasteiger partial charge on any atom is 0.223 e. The molecule has 0 bridgehead atoms. The quantitative estimate of drug-likeness (QED) is 0.824. The van der Waals surface area contributed by atoms with Gasteiger partial charge in [-0.1, -0.05) is 6.42 Å². The highest BCUT2D eigenvalue weighted by atomic mass is 16.5. The fraction of sp³-hybridized carbons (Fsp3) is 0.929. The first kappa shape index (κ1) is 13.8. The van der Waals surface area contributed by atoms with Gasteiger partial charge in [0.15, 0.2) is 0 Å². The van der Waals surface area contributed by atoms with Gasteiger partial charge in [0, 0.05) is 39.3 Å². The Kier molecular flexibility index (Phi) is 5.45. The number of ether oxygens (including phenoxy) is 1. The predicted molar refractivity (Wildman–Crippen MR) is 71.4 cm³/mol. The second kappa shape index (κ2) is 7.10. The summed E-state index contributed by atoms with van der Waals surface area (Å²) in [5.74, 6) is 0.924. The highest BCUT2D eigenvalue weighted by Gasteiger charge is 2.21. The van der Waals surface area contributed by atoms with Gasteiger partial charge in [0.05, 0.1) is 0 Å². The van der Waals surface area contributed by atoms with Crippen LogP contribution in [0.2, 0.25) is 0 Å². The van der Waals surface area contributed by atoms with Crippen LogP contribution in [-0.4, -0.2) is 50.2 Å². The van der Waals surface area contributed by atoms with Gasteiger partial charge in [0.2, 0.25) is 5.91 Å². The summed E-state index contributed by atoms with van der Waals surface area (Å²) in [6, 6.07) is 0.406. The summed E-state index contributed by atoms with van der Waals surface area (Å²) >= 11 is 0. The molecule has 0 radical (unpaired) electrons. The van der Waals surface area contributed by atoms with E-state index in [1.807, 2.05) is 11.9 Å². The van der Waals surface area contributed by atoms with Crippen LogP contribution in [0.15, 0.2) is 0 Å². The van der Waals surface area contributed by atoms with Crippen molar-refractivity contribution < 1.29 is 9.53 Å². The molecule has 0 aromatic carbocycles. The van der Waals surface area contributed by atoms with Crippen LogP contribution in [0, 0.1) is 5.92 Å². The molecule has 0 aliphatic carbocycles. The average molecular weight is 254 g/mol. The van der Waals surface area contributed by atoms with Gasteiger partial charge in [0.1, 0.15) is 0 Å². The lowest BCUT2D eigenvalue weighted by atomic mass is 9.98. The lowest BCUT2D eigenvalue weighted by Crippen LogP contribution is -2.41. The number of carbonyl (C=O) groups excluding carboxylic acids is 1. The van der Waals surface area contributed by atoms with Gasteiger partial charge < -0.3 is 15.0 Å². The van der Waals surface area contributed by atoms with Crippen molar-refractivity contribution in [3.63, 3.8) is 0 Å². The maximum absolute atomic E-state index is 12.1. The molecule has 2 rings (SSSR count). The lowest BCUT2D eigenvalue weighted by Gasteiger charge is -2.29. The highest BCUT2D eigenvalue weighted by molar-refractivity contribution is 5.76. The molecule has 1 unspecified atom stereocenters. The Balaban J connectivity index is 1.69. The first-order valence-electron chi connectivity index (χ1n) is 7.31. The molecule has 2 aliphatic heterocycles. The van der Waals surface area contributed by atoms with Gasteiger partial charge in [-0.3, -0.25) is 4.79 Å². The van der Waals surface area contributed by atoms with Crippen molar-refractivity contribution in [2.24, 2.45) is 5.92 Å². The van der Waals surface area contributed by atoms with E-state index in [9.17, 15) is 4.79 Å². The Hall–Kier alpha value is -0.610. The molecule has 1 atom stereocenters. The normalized spacial score (nSPS) is 25.9. The molecule has 0 saturated carbocycles. The molecular formula is C14H26N2O2. The van der Waals surface area contributed by atoms with E-state index in [1.54, 1.807) is 0 Å². The Labute approximate surface area is 110 Å². The van der Waals surface area contributed by atoms with Gasteiger partial charge in [-0.2, -0.15) is 0 Å². The molecule has 104 valence electrons. The van der Waals surface area contributed by atoms with E-state index in [4.69, 9.17) is 4.74 Å². The summed E-state index contributed by atoms with van der Waals surface area (Å²) in [7, 11) is 1.95. The second-order valence-electron chi connectivity index (χ2n) is 5.68. The van der Waals surface area contributed by atoms with Crippen LogP contribution in [0.1, 0.15) is 38.5 Å². The largest absolute Gasteiger partial charge is 0.381 e. The molecule has 2 saturated heterocycles. The number of carbonyl (C=O) groups is 1. The molecule has 2 aliphatic rings. The minimum atomic E-state index is 0.292. The Morgan fingerprint density at radius 3 is 2.72 bits per heavy atom. The third-order valence-electron chi connectivity index (χ3n) is 4.13. The Morgan fingerprint density at radius 2 is 2.06 bits per heavy atom. The van der Waals surface area contributed by atoms with Gasteiger partial charge in [-0.15, -0.1) is 0 Å². The van der Waals surface area contributed by atoms with Crippen molar-refractivity contribution in [2.45, 2.75) is 44.6 Å². The molecule has 2 fully saturated rings. The average Bonchev–Trinajstić information content (AvgIpc) is 2.41. The molecule has 1 amide bonds. The van der Waals surface area contributed by atoms with E-state index in [1.165, 1.54) is 12.8 Å². The first-order chi connectivity index (χ1) is 8.75. The molecule has 18 heavy (non-hydrogen) atoms. The fourth-order valence-corrected chi connectivity index (χ4v) is 2.88. The number of hydrogen-bond acceptors (Lipinski definition) is 3. The molecule has 4 heteroatoms. The van der Waals surface area contributed by atoms with E-state index in [-0.39, 0.29) is 0 Å². The van der Waals surface area contributed by atoms with Crippen LogP contribution in [0.3, 0.4) is 0 Å². The summed E-state index contributed by atoms with van der Waals surface area (Å²) < 4.78 is 5.35. The zero-order chi connectivity index (χ0) is 12.8. The van der Waals surface area contributed by atoms with E-state index in [2.05, 4.69) is 5.32 Å². The number of amides is 1. The minimum Gasteiger partial charge on any atom is -0.381 e. The monoisotopic (exact) mass is 254 g/mol. The third-order valence-corrected chi connectivity index (χ3v) is 4.13. The SMILES string of the molecule is CN(CC1CCOCC1)C(=O)CC1CCCCN1. The van der Waals surface area contributed by atoms with Crippen molar-refractivity contribution in [1.82, 2.24) is 10.2 Å². The van der Waals surface area contributed by atoms with Crippen molar-refractivity contribution in [2.75, 3.05) is 33.4 Å². The standard InChI is InChI=1S/C14H26N2O2/c1-16(11-12-5-8-18-9-6-12)14(17)10-13-4-2-3-7-15-13/h12-13,15H,2-11H2,1H3. The summed E-state index contributed by atoms with van der Waals surface area (Å²) in [6.07, 6.45) is 6.52. The van der Waals surface area contributed by atoms with Crippen LogP contribution in [0.5, 0.6) is 0 Å². The van der Waals surface area contributed by atoms with Crippen LogP contribution in [0.4, 0.5) is 0 Å². The zero-order valence-corrected chi connectivity index (χ0v) is 11.5. The summed E-state index contributed by atoms with van der Waals surface area (Å²) in [4.78, 5) is 14.1. The molecule has 0 aromatic rings. The van der Waals surface area contributed by atoms with Crippen LogP contribution < -0.4 is 5.32 Å². The fourth-order valence-electron chi connectivity index (χ4n) is 2.88. The molecule has 0 spiro atoms. The predicted octanol–water partition coefficient (Wildman–Crippen LogP) is 1.40. The van der Waals surface area contributed by atoms with Gasteiger partial charge >= 0.3 is 0 Å². The van der Waals surface area contributed by atoms with Crippen molar-refractivity contribution in [3.8, 4) is 0 Å². The number of hydrogen-bond donors (Lipinski definition) is 1. The summed E-state index contributed by atoms with van der Waals surface area (Å²) in [5, 5.41) is 3.44. The Bertz CT molecular complexity index is 259. The second-order valence-corrected chi connectivity index (χ2v) is 5.68. The summed E-state index contributed by atoms with van der Waals surface area (Å²) in [5.41, 5.74) is 0. The topological polar surface area (TPSA) is 41.6 Å². The molecule has 4 nitrogen and oxygen atoms in total. The van der Waals surface area contributed by atoms with E-state index in [0.29, 0.717) is 24.3 Å². The number of nitrogens with one attached hydrogen (secondary N) is 1. The zero-order valence-electron chi connectivity index (χ0n) is 11.5. The molecule has 2 heterocycles. The van der Waals surface area contributed by atoms with E-state index >= 15 is 0 Å². The third kappa shape index (κ3) is 4.25. The maximum atomic E-state index is 12.1. The van der Waals surface area contributed by atoms with Crippen molar-refractivity contribution in [3.05, 3.63) is 0 Å². The van der Waals surface area contributed by atoms with Crippen LogP contribution in [-0.2, 0) is 9.53 Å². The van der Waals surface area contributed by atoms with Crippen LogP contribution in [0.25, 0.3) is 0 Å². The molecule has 1 N–H and O–H groups in total. The molecular weight excluding hydrogens is 228 g/mol. The van der Waals surface area contributed by atoms with Gasteiger partial charge in [-0.05, 0) is 38.1 Å². The number of nitrogens with zero attached hydrogens (tertiary/aromatic N) is 1.